The van der Waals surface area contributed by atoms with Gasteiger partial charge < -0.3 is 19.3 Å². The number of amides is 2. The summed E-state index contributed by atoms with van der Waals surface area (Å²) < 4.78 is 25.0. The number of carbonyl (C=O) groups excluding carboxylic acids is 2. The van der Waals surface area contributed by atoms with Crippen LogP contribution in [0.3, 0.4) is 0 Å². The summed E-state index contributed by atoms with van der Waals surface area (Å²) in [4.78, 5) is 31.9. The van der Waals surface area contributed by atoms with Crippen LogP contribution in [-0.4, -0.2) is 55.0 Å². The molecule has 0 unspecified atom stereocenters. The zero-order chi connectivity index (χ0) is 26.4. The van der Waals surface area contributed by atoms with E-state index in [0.717, 1.165) is 18.4 Å². The Morgan fingerprint density at radius 3 is 2.73 bits per heavy atom. The SMILES string of the molecule is COc1ccccc1C(=O)N(CCC(C)C)CC(=O)N1CCc2sccc2[C@@H]1COc1cccc(F)c1. The Labute approximate surface area is 221 Å². The van der Waals surface area contributed by atoms with Crippen molar-refractivity contribution in [2.75, 3.05) is 33.4 Å². The van der Waals surface area contributed by atoms with Gasteiger partial charge in [0.15, 0.2) is 0 Å². The second kappa shape index (κ2) is 12.2. The molecule has 0 bridgehead atoms. The van der Waals surface area contributed by atoms with Crippen molar-refractivity contribution in [1.82, 2.24) is 9.80 Å². The summed E-state index contributed by atoms with van der Waals surface area (Å²) in [5.41, 5.74) is 1.48. The van der Waals surface area contributed by atoms with Crippen LogP contribution < -0.4 is 9.47 Å². The number of rotatable bonds is 10. The van der Waals surface area contributed by atoms with Gasteiger partial charge in [-0.2, -0.15) is 0 Å². The van der Waals surface area contributed by atoms with E-state index < -0.39 is 0 Å². The van der Waals surface area contributed by atoms with Gasteiger partial charge in [0.1, 0.15) is 30.5 Å². The number of benzene rings is 2. The third-order valence-electron chi connectivity index (χ3n) is 6.55. The van der Waals surface area contributed by atoms with E-state index in [0.29, 0.717) is 36.1 Å². The fourth-order valence-corrected chi connectivity index (χ4v) is 5.45. The van der Waals surface area contributed by atoms with Crippen LogP contribution >= 0.6 is 11.3 Å². The zero-order valence-electron chi connectivity index (χ0n) is 21.5. The first-order chi connectivity index (χ1) is 17.9. The summed E-state index contributed by atoms with van der Waals surface area (Å²) in [5.74, 6) is 0.528. The molecule has 2 heterocycles. The largest absolute Gasteiger partial charge is 0.496 e. The van der Waals surface area contributed by atoms with Crippen LogP contribution in [0, 0.1) is 11.7 Å². The highest BCUT2D eigenvalue weighted by Crippen LogP contribution is 2.34. The van der Waals surface area contributed by atoms with Gasteiger partial charge in [-0.25, -0.2) is 4.39 Å². The van der Waals surface area contributed by atoms with Crippen molar-refractivity contribution >= 4 is 23.2 Å². The maximum atomic E-state index is 13.7. The van der Waals surface area contributed by atoms with E-state index in [1.54, 1.807) is 51.5 Å². The minimum atomic E-state index is -0.374. The molecule has 2 amide bonds. The van der Waals surface area contributed by atoms with Crippen molar-refractivity contribution in [3.05, 3.63) is 81.8 Å². The number of hydrogen-bond acceptors (Lipinski definition) is 5. The highest BCUT2D eigenvalue weighted by molar-refractivity contribution is 7.10. The first-order valence-electron chi connectivity index (χ1n) is 12.5. The molecule has 0 saturated heterocycles. The lowest BCUT2D eigenvalue weighted by Crippen LogP contribution is -2.48. The van der Waals surface area contributed by atoms with E-state index in [4.69, 9.17) is 9.47 Å². The van der Waals surface area contributed by atoms with Crippen LogP contribution in [0.15, 0.2) is 60.0 Å². The molecule has 0 saturated carbocycles. The summed E-state index contributed by atoms with van der Waals surface area (Å²) in [6.45, 7) is 5.34. The molecule has 4 rings (SSSR count). The van der Waals surface area contributed by atoms with Gasteiger partial charge in [-0.3, -0.25) is 9.59 Å². The number of halogens is 1. The van der Waals surface area contributed by atoms with Gasteiger partial charge in [-0.15, -0.1) is 11.3 Å². The normalized spacial score (nSPS) is 14.8. The van der Waals surface area contributed by atoms with Gasteiger partial charge in [0, 0.05) is 24.0 Å². The molecule has 3 aromatic rings. The van der Waals surface area contributed by atoms with Crippen molar-refractivity contribution in [1.29, 1.82) is 0 Å². The van der Waals surface area contributed by atoms with Gasteiger partial charge in [-0.1, -0.05) is 32.0 Å². The van der Waals surface area contributed by atoms with Crippen molar-refractivity contribution < 1.29 is 23.5 Å². The maximum Gasteiger partial charge on any atom is 0.258 e. The molecule has 1 aliphatic heterocycles. The number of para-hydroxylation sites is 1. The molecule has 196 valence electrons. The van der Waals surface area contributed by atoms with Crippen LogP contribution in [0.25, 0.3) is 0 Å². The molecule has 0 radical (unpaired) electrons. The first kappa shape index (κ1) is 26.7. The van der Waals surface area contributed by atoms with Gasteiger partial charge in [0.05, 0.1) is 18.7 Å². The average molecular weight is 525 g/mol. The van der Waals surface area contributed by atoms with Crippen LogP contribution in [0.2, 0.25) is 0 Å². The Morgan fingerprint density at radius 2 is 1.97 bits per heavy atom. The summed E-state index contributed by atoms with van der Waals surface area (Å²) >= 11 is 1.67. The fraction of sp³-hybridized carbons (Fsp3) is 0.379. The monoisotopic (exact) mass is 524 g/mol. The minimum absolute atomic E-state index is 0.0421. The molecular formula is C29H33FN2O4S. The predicted molar refractivity (Wildman–Crippen MR) is 143 cm³/mol. The second-order valence-electron chi connectivity index (χ2n) is 9.53. The maximum absolute atomic E-state index is 13.7. The van der Waals surface area contributed by atoms with E-state index in [1.807, 2.05) is 17.5 Å². The first-order valence-corrected chi connectivity index (χ1v) is 13.4. The number of ether oxygens (including phenoxy) is 2. The number of hydrogen-bond donors (Lipinski definition) is 0. The van der Waals surface area contributed by atoms with Crippen LogP contribution in [-0.2, 0) is 11.2 Å². The van der Waals surface area contributed by atoms with E-state index in [-0.39, 0.29) is 36.8 Å². The van der Waals surface area contributed by atoms with E-state index in [2.05, 4.69) is 13.8 Å². The van der Waals surface area contributed by atoms with Crippen molar-refractivity contribution in [2.45, 2.75) is 32.7 Å². The standard InChI is InChI=1S/C29H33FN2O4S/c1-20(2)11-14-31(29(34)24-9-4-5-10-26(24)35-3)18-28(33)32-15-12-27-23(13-16-37-27)25(32)19-36-22-8-6-7-21(30)17-22/h4-10,13,16-17,20,25H,11-12,14-15,18-19H2,1-3H3/t25-/m0/s1. The number of carbonyl (C=O) groups is 2. The number of thiophene rings is 1. The van der Waals surface area contributed by atoms with Crippen molar-refractivity contribution in [2.24, 2.45) is 5.92 Å². The van der Waals surface area contributed by atoms with E-state index >= 15 is 0 Å². The van der Waals surface area contributed by atoms with E-state index in [9.17, 15) is 14.0 Å². The molecule has 6 nitrogen and oxygen atoms in total. The van der Waals surface area contributed by atoms with Crippen LogP contribution in [0.5, 0.6) is 11.5 Å². The molecule has 8 heteroatoms. The second-order valence-corrected chi connectivity index (χ2v) is 10.5. The molecule has 2 aromatic carbocycles. The smallest absolute Gasteiger partial charge is 0.258 e. The zero-order valence-corrected chi connectivity index (χ0v) is 22.3. The fourth-order valence-electron chi connectivity index (χ4n) is 4.52. The number of methoxy groups -OCH3 is 1. The lowest BCUT2D eigenvalue weighted by atomic mass is 10.00. The van der Waals surface area contributed by atoms with E-state index in [1.165, 1.54) is 24.1 Å². The van der Waals surface area contributed by atoms with Crippen LogP contribution in [0.4, 0.5) is 4.39 Å². The topological polar surface area (TPSA) is 59.1 Å². The quantitative estimate of drug-likeness (QED) is 0.347. The van der Waals surface area contributed by atoms with Gasteiger partial charge in [-0.05, 0) is 60.0 Å². The summed E-state index contributed by atoms with van der Waals surface area (Å²) in [6, 6.07) is 14.8. The lowest BCUT2D eigenvalue weighted by Gasteiger charge is -2.37. The summed E-state index contributed by atoms with van der Waals surface area (Å²) in [6.07, 6.45) is 1.52. The molecular weight excluding hydrogens is 491 g/mol. The number of fused-ring (bicyclic) bond motifs is 1. The minimum Gasteiger partial charge on any atom is -0.496 e. The molecule has 1 aromatic heterocycles. The molecule has 0 spiro atoms. The lowest BCUT2D eigenvalue weighted by molar-refractivity contribution is -0.135. The highest BCUT2D eigenvalue weighted by Gasteiger charge is 2.34. The Balaban J connectivity index is 1.55. The molecule has 37 heavy (non-hydrogen) atoms. The van der Waals surface area contributed by atoms with Gasteiger partial charge >= 0.3 is 0 Å². The van der Waals surface area contributed by atoms with Gasteiger partial charge in [0.2, 0.25) is 5.91 Å². The molecule has 0 fully saturated rings. The Morgan fingerprint density at radius 1 is 1.16 bits per heavy atom. The van der Waals surface area contributed by atoms with Crippen LogP contribution in [0.1, 0.15) is 47.1 Å². The number of nitrogens with zero attached hydrogens (tertiary/aromatic N) is 2. The third kappa shape index (κ3) is 6.49. The Hall–Kier alpha value is -3.39. The Kier molecular flexibility index (Phi) is 8.82. The molecule has 1 aliphatic rings. The third-order valence-corrected chi connectivity index (χ3v) is 7.54. The molecule has 0 N–H and O–H groups in total. The predicted octanol–water partition coefficient (Wildman–Crippen LogP) is 5.59. The molecule has 0 aliphatic carbocycles. The molecule has 1 atom stereocenters. The average Bonchev–Trinajstić information content (AvgIpc) is 3.38. The summed E-state index contributed by atoms with van der Waals surface area (Å²) in [7, 11) is 1.53. The summed E-state index contributed by atoms with van der Waals surface area (Å²) in [5, 5.41) is 2.02. The van der Waals surface area contributed by atoms with Crippen molar-refractivity contribution in [3.63, 3.8) is 0 Å². The highest BCUT2D eigenvalue weighted by atomic mass is 32.1. The Bertz CT molecular complexity index is 1230. The van der Waals surface area contributed by atoms with Gasteiger partial charge in [0.25, 0.3) is 5.91 Å². The van der Waals surface area contributed by atoms with Crippen molar-refractivity contribution in [3.8, 4) is 11.5 Å².